The highest BCUT2D eigenvalue weighted by atomic mass is 32.2. The number of anilines is 2. The number of ether oxygens (including phenoxy) is 2. The molecule has 0 aliphatic rings. The van der Waals surface area contributed by atoms with Crippen LogP contribution in [0.1, 0.15) is 18.1 Å². The molecule has 8 nitrogen and oxygen atoms in total. The molecule has 0 saturated heterocycles. The Morgan fingerprint density at radius 1 is 1.00 bits per heavy atom. The van der Waals surface area contributed by atoms with Crippen LogP contribution in [0, 0.1) is 19.7 Å². The van der Waals surface area contributed by atoms with E-state index in [0.29, 0.717) is 33.6 Å². The number of carbonyl (C=O) groups excluding carboxylic acids is 2. The molecular weight excluding hydrogens is 531 g/mol. The zero-order chi connectivity index (χ0) is 28.8. The molecule has 0 radical (unpaired) electrons. The van der Waals surface area contributed by atoms with Gasteiger partial charge in [0, 0.05) is 11.8 Å². The largest absolute Gasteiger partial charge is 0.497 e. The van der Waals surface area contributed by atoms with E-state index in [-0.39, 0.29) is 24.2 Å². The van der Waals surface area contributed by atoms with E-state index in [4.69, 9.17) is 9.47 Å². The van der Waals surface area contributed by atoms with Crippen molar-refractivity contribution in [3.8, 4) is 22.8 Å². The zero-order valence-corrected chi connectivity index (χ0v) is 23.8. The number of methoxy groups -OCH3 is 2. The quantitative estimate of drug-likeness (QED) is 0.228. The Hall–Kier alpha value is -4.31. The highest BCUT2D eigenvalue weighted by Gasteiger charge is 2.22. The third kappa shape index (κ3) is 6.63. The number of aromatic nitrogens is 2. The summed E-state index contributed by atoms with van der Waals surface area (Å²) in [6.07, 6.45) is 1.62. The molecule has 1 aromatic heterocycles. The number of imidazole rings is 1. The fraction of sp³-hybridized carbons (Fsp3) is 0.233. The first-order chi connectivity index (χ1) is 19.2. The number of halogens is 1. The topological polar surface area (TPSA) is 94.5 Å². The van der Waals surface area contributed by atoms with Gasteiger partial charge in [0.15, 0.2) is 5.16 Å². The van der Waals surface area contributed by atoms with Crippen molar-refractivity contribution in [3.05, 3.63) is 83.8 Å². The molecule has 1 atom stereocenters. The molecule has 0 fully saturated rings. The predicted molar refractivity (Wildman–Crippen MR) is 156 cm³/mol. The summed E-state index contributed by atoms with van der Waals surface area (Å²) >= 11 is 1.23. The smallest absolute Gasteiger partial charge is 0.244 e. The van der Waals surface area contributed by atoms with Crippen molar-refractivity contribution in [2.45, 2.75) is 37.7 Å². The summed E-state index contributed by atoms with van der Waals surface area (Å²) in [6, 6.07) is 16.9. The van der Waals surface area contributed by atoms with E-state index < -0.39 is 5.25 Å². The first-order valence-corrected chi connectivity index (χ1v) is 13.4. The number of aryl methyl sites for hydroxylation is 2. The van der Waals surface area contributed by atoms with Crippen molar-refractivity contribution in [3.63, 3.8) is 0 Å². The van der Waals surface area contributed by atoms with E-state index in [9.17, 15) is 14.0 Å². The molecule has 40 heavy (non-hydrogen) atoms. The second-order valence-electron chi connectivity index (χ2n) is 9.15. The predicted octanol–water partition coefficient (Wildman–Crippen LogP) is 6.08. The SMILES string of the molecule is COc1ccc(OC)c(NC(=O)Cn2c(-c3ccc(F)cc3)cnc2S[C@H](C)C(=O)Nc2c(C)cccc2C)c1. The number of rotatable bonds is 10. The monoisotopic (exact) mass is 562 g/mol. The van der Waals surface area contributed by atoms with Crippen molar-refractivity contribution < 1.29 is 23.5 Å². The number of amides is 2. The third-order valence-electron chi connectivity index (χ3n) is 6.32. The molecule has 4 rings (SSSR count). The number of para-hydroxylation sites is 1. The van der Waals surface area contributed by atoms with Crippen molar-refractivity contribution in [2.24, 2.45) is 0 Å². The summed E-state index contributed by atoms with van der Waals surface area (Å²) in [5.41, 5.74) is 4.45. The molecule has 1 heterocycles. The highest BCUT2D eigenvalue weighted by Crippen LogP contribution is 2.32. The molecule has 0 saturated carbocycles. The van der Waals surface area contributed by atoms with Gasteiger partial charge >= 0.3 is 0 Å². The number of nitrogens with one attached hydrogen (secondary N) is 2. The van der Waals surface area contributed by atoms with E-state index in [1.807, 2.05) is 32.0 Å². The van der Waals surface area contributed by atoms with Gasteiger partial charge in [0.05, 0.1) is 37.0 Å². The van der Waals surface area contributed by atoms with Crippen LogP contribution in [-0.2, 0) is 16.1 Å². The maximum atomic E-state index is 13.6. The van der Waals surface area contributed by atoms with Crippen molar-refractivity contribution >= 4 is 35.0 Å². The van der Waals surface area contributed by atoms with Crippen molar-refractivity contribution in [1.29, 1.82) is 0 Å². The Bertz CT molecular complexity index is 1500. The second-order valence-corrected chi connectivity index (χ2v) is 10.5. The average Bonchev–Trinajstić information content (AvgIpc) is 3.32. The summed E-state index contributed by atoms with van der Waals surface area (Å²) < 4.78 is 26.0. The van der Waals surface area contributed by atoms with Crippen LogP contribution in [-0.4, -0.2) is 40.8 Å². The van der Waals surface area contributed by atoms with Crippen LogP contribution in [0.4, 0.5) is 15.8 Å². The summed E-state index contributed by atoms with van der Waals surface area (Å²) in [5, 5.41) is 5.83. The van der Waals surface area contributed by atoms with Gasteiger partial charge in [0.2, 0.25) is 11.8 Å². The van der Waals surface area contributed by atoms with E-state index in [0.717, 1.165) is 16.8 Å². The molecule has 0 bridgehead atoms. The van der Waals surface area contributed by atoms with Gasteiger partial charge in [0.25, 0.3) is 0 Å². The Morgan fingerprint density at radius 2 is 1.70 bits per heavy atom. The van der Waals surface area contributed by atoms with Gasteiger partial charge in [0.1, 0.15) is 23.9 Å². The lowest BCUT2D eigenvalue weighted by Gasteiger charge is -2.17. The van der Waals surface area contributed by atoms with Gasteiger partial charge in [-0.25, -0.2) is 9.37 Å². The van der Waals surface area contributed by atoms with Crippen molar-refractivity contribution in [2.75, 3.05) is 24.9 Å². The minimum Gasteiger partial charge on any atom is -0.497 e. The molecule has 2 amide bonds. The lowest BCUT2D eigenvalue weighted by atomic mass is 10.1. The highest BCUT2D eigenvalue weighted by molar-refractivity contribution is 8.00. The molecule has 0 spiro atoms. The van der Waals surface area contributed by atoms with Gasteiger partial charge in [-0.3, -0.25) is 9.59 Å². The minimum absolute atomic E-state index is 0.110. The van der Waals surface area contributed by atoms with E-state index in [2.05, 4.69) is 15.6 Å². The Morgan fingerprint density at radius 3 is 2.35 bits per heavy atom. The van der Waals surface area contributed by atoms with E-state index in [1.54, 1.807) is 48.0 Å². The summed E-state index contributed by atoms with van der Waals surface area (Å²) in [6.45, 7) is 5.56. The number of carbonyl (C=O) groups is 2. The van der Waals surface area contributed by atoms with E-state index in [1.165, 1.54) is 38.1 Å². The lowest BCUT2D eigenvalue weighted by Crippen LogP contribution is -2.25. The van der Waals surface area contributed by atoms with Crippen LogP contribution in [0.3, 0.4) is 0 Å². The number of nitrogens with zero attached hydrogens (tertiary/aromatic N) is 2. The van der Waals surface area contributed by atoms with Gasteiger partial charge in [-0.2, -0.15) is 0 Å². The Balaban J connectivity index is 1.60. The molecule has 0 aliphatic carbocycles. The average molecular weight is 563 g/mol. The van der Waals surface area contributed by atoms with Crippen LogP contribution >= 0.6 is 11.8 Å². The van der Waals surface area contributed by atoms with Crippen LogP contribution in [0.15, 0.2) is 72.0 Å². The molecule has 0 unspecified atom stereocenters. The molecule has 0 aliphatic heterocycles. The van der Waals surface area contributed by atoms with Gasteiger partial charge in [-0.15, -0.1) is 0 Å². The first-order valence-electron chi connectivity index (χ1n) is 12.6. The maximum Gasteiger partial charge on any atom is 0.244 e. The lowest BCUT2D eigenvalue weighted by molar-refractivity contribution is -0.117. The second kappa shape index (κ2) is 12.7. The summed E-state index contributed by atoms with van der Waals surface area (Å²) in [7, 11) is 3.05. The first kappa shape index (κ1) is 28.7. The normalized spacial score (nSPS) is 11.6. The molecule has 208 valence electrons. The minimum atomic E-state index is -0.525. The summed E-state index contributed by atoms with van der Waals surface area (Å²) in [5.74, 6) is 0.132. The number of benzene rings is 3. The fourth-order valence-electron chi connectivity index (χ4n) is 4.15. The Labute approximate surface area is 236 Å². The summed E-state index contributed by atoms with van der Waals surface area (Å²) in [4.78, 5) is 30.9. The van der Waals surface area contributed by atoms with Crippen LogP contribution in [0.25, 0.3) is 11.3 Å². The number of thioether (sulfide) groups is 1. The van der Waals surface area contributed by atoms with E-state index >= 15 is 0 Å². The van der Waals surface area contributed by atoms with Gasteiger partial charge in [-0.1, -0.05) is 30.0 Å². The number of hydrogen-bond donors (Lipinski definition) is 2. The molecule has 3 aromatic carbocycles. The number of hydrogen-bond acceptors (Lipinski definition) is 6. The van der Waals surface area contributed by atoms with Crippen molar-refractivity contribution in [1.82, 2.24) is 9.55 Å². The zero-order valence-electron chi connectivity index (χ0n) is 22.9. The fourth-order valence-corrected chi connectivity index (χ4v) is 5.04. The van der Waals surface area contributed by atoms with Crippen LogP contribution in [0.5, 0.6) is 11.5 Å². The van der Waals surface area contributed by atoms with Crippen LogP contribution < -0.4 is 20.1 Å². The third-order valence-corrected chi connectivity index (χ3v) is 7.43. The molecule has 10 heteroatoms. The molecule has 4 aromatic rings. The maximum absolute atomic E-state index is 13.6. The molecular formula is C30H31FN4O4S. The van der Waals surface area contributed by atoms with Crippen LogP contribution in [0.2, 0.25) is 0 Å². The molecule has 2 N–H and O–H groups in total. The standard InChI is InChI=1S/C30H31FN4O4S/c1-18-7-6-8-19(2)28(18)34-29(37)20(3)40-30-32-16-25(21-9-11-22(31)12-10-21)35(30)17-27(36)33-24-15-23(38-4)13-14-26(24)39-5/h6-16,20H,17H2,1-5H3,(H,33,36)(H,34,37)/t20-/m1/s1. The Kier molecular flexibility index (Phi) is 9.11. The van der Waals surface area contributed by atoms with Gasteiger partial charge in [-0.05, 0) is 73.9 Å². The van der Waals surface area contributed by atoms with Gasteiger partial charge < -0.3 is 24.7 Å².